The van der Waals surface area contributed by atoms with Crippen LogP contribution in [-0.2, 0) is 0 Å². The second-order valence-corrected chi connectivity index (χ2v) is 7.53. The second-order valence-electron chi connectivity index (χ2n) is 7.53. The molecule has 2 aliphatic rings. The Hall–Kier alpha value is -0.940. The summed E-state index contributed by atoms with van der Waals surface area (Å²) in [5.74, 6) is 0.418. The molecule has 0 saturated carbocycles. The third kappa shape index (κ3) is 5.03. The highest BCUT2D eigenvalue weighted by molar-refractivity contribution is 5.18. The van der Waals surface area contributed by atoms with Crippen molar-refractivity contribution in [3.05, 3.63) is 35.9 Å². The number of hydrogen-bond donors (Lipinski definition) is 1. The van der Waals surface area contributed by atoms with E-state index in [1.807, 2.05) is 30.3 Å². The van der Waals surface area contributed by atoms with Crippen LogP contribution in [-0.4, -0.2) is 79.2 Å². The van der Waals surface area contributed by atoms with E-state index in [2.05, 4.69) is 21.7 Å². The number of benzene rings is 1. The lowest BCUT2D eigenvalue weighted by Gasteiger charge is -2.35. The zero-order valence-corrected chi connectivity index (χ0v) is 15.1. The number of nitrogens with zero attached hydrogens (tertiary/aromatic N) is 3. The van der Waals surface area contributed by atoms with Gasteiger partial charge in [0.05, 0.1) is 6.10 Å². The minimum atomic E-state index is -0.293. The topological polar surface area (TPSA) is 30.0 Å². The fourth-order valence-electron chi connectivity index (χ4n) is 4.00. The highest BCUT2D eigenvalue weighted by Gasteiger charge is 2.26. The molecular weight excluding hydrogens is 298 g/mol. The van der Waals surface area contributed by atoms with Crippen LogP contribution in [0.25, 0.3) is 0 Å². The number of piperidine rings is 1. The smallest absolute Gasteiger partial charge is 0.0819 e. The minimum Gasteiger partial charge on any atom is -0.388 e. The molecule has 2 aliphatic heterocycles. The van der Waals surface area contributed by atoms with Crippen LogP contribution in [0.2, 0.25) is 0 Å². The SMILES string of the molecule is CN1CCN(CCCN2CCC(C(O)c3ccccc3)CC2)CC1. The zero-order valence-electron chi connectivity index (χ0n) is 15.1. The number of aliphatic hydroxyl groups is 1. The monoisotopic (exact) mass is 331 g/mol. The van der Waals surface area contributed by atoms with Crippen LogP contribution in [0, 0.1) is 5.92 Å². The zero-order chi connectivity index (χ0) is 16.8. The summed E-state index contributed by atoms with van der Waals surface area (Å²) in [4.78, 5) is 7.61. The van der Waals surface area contributed by atoms with Crippen LogP contribution in [0.5, 0.6) is 0 Å². The lowest BCUT2D eigenvalue weighted by atomic mass is 9.87. The normalized spacial score (nSPS) is 23.4. The van der Waals surface area contributed by atoms with E-state index in [9.17, 15) is 5.11 Å². The molecule has 0 spiro atoms. The summed E-state index contributed by atoms with van der Waals surface area (Å²) >= 11 is 0. The molecule has 0 radical (unpaired) electrons. The first-order valence-corrected chi connectivity index (χ1v) is 9.58. The number of likely N-dealkylation sites (N-methyl/N-ethyl adjacent to an activating group) is 1. The summed E-state index contributed by atoms with van der Waals surface area (Å²) in [6.45, 7) is 9.59. The summed E-state index contributed by atoms with van der Waals surface area (Å²) < 4.78 is 0. The molecule has 4 nitrogen and oxygen atoms in total. The molecule has 1 aromatic carbocycles. The van der Waals surface area contributed by atoms with E-state index in [0.29, 0.717) is 5.92 Å². The largest absolute Gasteiger partial charge is 0.388 e. The molecule has 1 aromatic rings. The Morgan fingerprint density at radius 3 is 2.12 bits per heavy atom. The van der Waals surface area contributed by atoms with Crippen LogP contribution in [0.4, 0.5) is 0 Å². The standard InChI is InChI=1S/C20H33N3O/c1-21-14-16-23(17-15-21)11-5-10-22-12-8-19(9-13-22)20(24)18-6-3-2-4-7-18/h2-4,6-7,19-20,24H,5,8-17H2,1H3. The summed E-state index contributed by atoms with van der Waals surface area (Å²) in [5, 5.41) is 10.6. The van der Waals surface area contributed by atoms with E-state index in [0.717, 1.165) is 31.5 Å². The summed E-state index contributed by atoms with van der Waals surface area (Å²) in [6.07, 6.45) is 3.21. The maximum atomic E-state index is 10.6. The summed E-state index contributed by atoms with van der Waals surface area (Å²) in [5.41, 5.74) is 1.08. The van der Waals surface area contributed by atoms with Gasteiger partial charge in [-0.15, -0.1) is 0 Å². The third-order valence-corrected chi connectivity index (χ3v) is 5.76. The fraction of sp³-hybridized carbons (Fsp3) is 0.700. The van der Waals surface area contributed by atoms with Gasteiger partial charge in [0.15, 0.2) is 0 Å². The Balaban J connectivity index is 1.33. The van der Waals surface area contributed by atoms with E-state index in [4.69, 9.17) is 0 Å². The van der Waals surface area contributed by atoms with Crippen molar-refractivity contribution in [2.75, 3.05) is 59.4 Å². The molecule has 0 bridgehead atoms. The molecule has 4 heteroatoms. The van der Waals surface area contributed by atoms with Crippen molar-refractivity contribution in [1.82, 2.24) is 14.7 Å². The molecule has 2 saturated heterocycles. The average Bonchev–Trinajstić information content (AvgIpc) is 2.64. The lowest BCUT2D eigenvalue weighted by Crippen LogP contribution is -2.45. The maximum Gasteiger partial charge on any atom is 0.0819 e. The quantitative estimate of drug-likeness (QED) is 0.864. The number of rotatable bonds is 6. The van der Waals surface area contributed by atoms with Crippen LogP contribution in [0.3, 0.4) is 0 Å². The van der Waals surface area contributed by atoms with Gasteiger partial charge in [-0.3, -0.25) is 0 Å². The highest BCUT2D eigenvalue weighted by atomic mass is 16.3. The number of likely N-dealkylation sites (tertiary alicyclic amines) is 1. The van der Waals surface area contributed by atoms with Crippen molar-refractivity contribution in [1.29, 1.82) is 0 Å². The Kier molecular flexibility index (Phi) is 6.67. The summed E-state index contributed by atoms with van der Waals surface area (Å²) in [6, 6.07) is 10.2. The van der Waals surface area contributed by atoms with Gasteiger partial charge >= 0.3 is 0 Å². The predicted molar refractivity (Wildman–Crippen MR) is 99.1 cm³/mol. The molecule has 1 unspecified atom stereocenters. The Bertz CT molecular complexity index is 465. The van der Waals surface area contributed by atoms with Gasteiger partial charge in [0.2, 0.25) is 0 Å². The van der Waals surface area contributed by atoms with E-state index in [-0.39, 0.29) is 6.10 Å². The molecule has 0 amide bonds. The molecule has 0 aliphatic carbocycles. The van der Waals surface area contributed by atoms with Crippen molar-refractivity contribution in [3.63, 3.8) is 0 Å². The molecular formula is C20H33N3O. The lowest BCUT2D eigenvalue weighted by molar-refractivity contribution is 0.0570. The summed E-state index contributed by atoms with van der Waals surface area (Å²) in [7, 11) is 2.21. The van der Waals surface area contributed by atoms with Crippen LogP contribution >= 0.6 is 0 Å². The Labute approximate surface area is 147 Å². The molecule has 0 aromatic heterocycles. The molecule has 3 rings (SSSR count). The third-order valence-electron chi connectivity index (χ3n) is 5.76. The Morgan fingerprint density at radius 1 is 0.917 bits per heavy atom. The molecule has 2 heterocycles. The van der Waals surface area contributed by atoms with Crippen LogP contribution < -0.4 is 0 Å². The van der Waals surface area contributed by atoms with Gasteiger partial charge in [0, 0.05) is 26.2 Å². The van der Waals surface area contributed by atoms with Crippen molar-refractivity contribution >= 4 is 0 Å². The first-order chi connectivity index (χ1) is 11.7. The van der Waals surface area contributed by atoms with Gasteiger partial charge in [0.25, 0.3) is 0 Å². The molecule has 134 valence electrons. The van der Waals surface area contributed by atoms with Gasteiger partial charge in [-0.2, -0.15) is 0 Å². The van der Waals surface area contributed by atoms with Crippen molar-refractivity contribution in [2.45, 2.75) is 25.4 Å². The van der Waals surface area contributed by atoms with E-state index in [1.54, 1.807) is 0 Å². The first kappa shape index (κ1) is 17.9. The van der Waals surface area contributed by atoms with E-state index < -0.39 is 0 Å². The minimum absolute atomic E-state index is 0.293. The van der Waals surface area contributed by atoms with Gasteiger partial charge in [-0.1, -0.05) is 30.3 Å². The van der Waals surface area contributed by atoms with Crippen LogP contribution in [0.1, 0.15) is 30.9 Å². The number of aliphatic hydroxyl groups excluding tert-OH is 1. The van der Waals surface area contributed by atoms with E-state index >= 15 is 0 Å². The fourth-order valence-corrected chi connectivity index (χ4v) is 4.00. The molecule has 1 atom stereocenters. The first-order valence-electron chi connectivity index (χ1n) is 9.58. The van der Waals surface area contributed by atoms with E-state index in [1.165, 1.54) is 45.7 Å². The van der Waals surface area contributed by atoms with Crippen LogP contribution in [0.15, 0.2) is 30.3 Å². The molecule has 24 heavy (non-hydrogen) atoms. The maximum absolute atomic E-state index is 10.6. The van der Waals surface area contributed by atoms with Crippen molar-refractivity contribution in [3.8, 4) is 0 Å². The molecule has 1 N–H and O–H groups in total. The number of hydrogen-bond acceptors (Lipinski definition) is 4. The van der Waals surface area contributed by atoms with Crippen molar-refractivity contribution in [2.24, 2.45) is 5.92 Å². The van der Waals surface area contributed by atoms with Gasteiger partial charge in [0.1, 0.15) is 0 Å². The highest BCUT2D eigenvalue weighted by Crippen LogP contribution is 2.30. The molecule has 2 fully saturated rings. The average molecular weight is 332 g/mol. The number of piperazine rings is 1. The Morgan fingerprint density at radius 2 is 1.50 bits per heavy atom. The van der Waals surface area contributed by atoms with Gasteiger partial charge in [-0.25, -0.2) is 0 Å². The predicted octanol–water partition coefficient (Wildman–Crippen LogP) is 2.07. The van der Waals surface area contributed by atoms with Crippen molar-refractivity contribution < 1.29 is 5.11 Å². The van der Waals surface area contributed by atoms with Gasteiger partial charge < -0.3 is 19.8 Å². The van der Waals surface area contributed by atoms with Gasteiger partial charge in [-0.05, 0) is 64.0 Å². The second kappa shape index (κ2) is 8.95.